The van der Waals surface area contributed by atoms with Gasteiger partial charge in [0.05, 0.1) is 0 Å². The van der Waals surface area contributed by atoms with Gasteiger partial charge in [-0.05, 0) is 36.5 Å². The number of rotatable bonds is 6. The molecule has 0 heterocycles. The summed E-state index contributed by atoms with van der Waals surface area (Å²) in [5.74, 6) is 4.09. The van der Waals surface area contributed by atoms with Gasteiger partial charge < -0.3 is 0 Å². The van der Waals surface area contributed by atoms with E-state index < -0.39 is 0 Å². The van der Waals surface area contributed by atoms with Crippen LogP contribution in [0, 0.1) is 23.7 Å². The first-order valence-corrected chi connectivity index (χ1v) is 6.19. The van der Waals surface area contributed by atoms with Crippen LogP contribution in [0.25, 0.3) is 0 Å². The SMILES string of the molecule is CCC(CC)C(C)CCC1CC1C. The van der Waals surface area contributed by atoms with E-state index in [1.54, 1.807) is 0 Å². The molecule has 3 unspecified atom stereocenters. The molecule has 1 saturated carbocycles. The molecule has 0 radical (unpaired) electrons. The lowest BCUT2D eigenvalue weighted by Gasteiger charge is -2.20. The van der Waals surface area contributed by atoms with Gasteiger partial charge in [0, 0.05) is 0 Å². The lowest BCUT2D eigenvalue weighted by molar-refractivity contribution is 0.306. The lowest BCUT2D eigenvalue weighted by Crippen LogP contribution is -2.10. The van der Waals surface area contributed by atoms with Crippen molar-refractivity contribution >= 4 is 0 Å². The summed E-state index contributed by atoms with van der Waals surface area (Å²) < 4.78 is 0. The van der Waals surface area contributed by atoms with Crippen molar-refractivity contribution in [2.75, 3.05) is 0 Å². The predicted molar refractivity (Wildman–Crippen MR) is 59.7 cm³/mol. The molecule has 0 N–H and O–H groups in total. The van der Waals surface area contributed by atoms with Crippen molar-refractivity contribution in [3.8, 4) is 0 Å². The number of hydrogen-bond acceptors (Lipinski definition) is 0. The second-order valence-electron chi connectivity index (χ2n) is 5.10. The van der Waals surface area contributed by atoms with Gasteiger partial charge >= 0.3 is 0 Å². The van der Waals surface area contributed by atoms with Crippen molar-refractivity contribution in [3.05, 3.63) is 0 Å². The van der Waals surface area contributed by atoms with E-state index in [4.69, 9.17) is 0 Å². The molecule has 78 valence electrons. The standard InChI is InChI=1S/C13H26/c1-5-12(6-2)10(3)7-8-13-9-11(13)4/h10-13H,5-9H2,1-4H3. The molecule has 0 aromatic heterocycles. The van der Waals surface area contributed by atoms with E-state index >= 15 is 0 Å². The molecule has 1 rings (SSSR count). The summed E-state index contributed by atoms with van der Waals surface area (Å²) in [4.78, 5) is 0. The van der Waals surface area contributed by atoms with E-state index in [0.717, 1.165) is 23.7 Å². The first-order valence-electron chi connectivity index (χ1n) is 6.19. The third-order valence-electron chi connectivity index (χ3n) is 4.12. The Morgan fingerprint density at radius 2 is 1.77 bits per heavy atom. The topological polar surface area (TPSA) is 0 Å². The molecule has 13 heavy (non-hydrogen) atoms. The van der Waals surface area contributed by atoms with Crippen molar-refractivity contribution in [3.63, 3.8) is 0 Å². The van der Waals surface area contributed by atoms with Crippen LogP contribution in [0.5, 0.6) is 0 Å². The van der Waals surface area contributed by atoms with Crippen molar-refractivity contribution in [2.24, 2.45) is 23.7 Å². The fraction of sp³-hybridized carbons (Fsp3) is 1.00. The zero-order valence-electron chi connectivity index (χ0n) is 9.84. The summed E-state index contributed by atoms with van der Waals surface area (Å²) >= 11 is 0. The predicted octanol–water partition coefficient (Wildman–Crippen LogP) is 4.49. The third kappa shape index (κ3) is 3.32. The van der Waals surface area contributed by atoms with Crippen molar-refractivity contribution in [2.45, 2.75) is 59.8 Å². The molecule has 0 aromatic carbocycles. The molecule has 0 heteroatoms. The second kappa shape index (κ2) is 5.02. The first-order chi connectivity index (χ1) is 6.19. The molecular formula is C13H26. The minimum atomic E-state index is 0.961. The molecule has 0 amide bonds. The van der Waals surface area contributed by atoms with Gasteiger partial charge in [-0.15, -0.1) is 0 Å². The van der Waals surface area contributed by atoms with Gasteiger partial charge in [0.2, 0.25) is 0 Å². The smallest absolute Gasteiger partial charge is 0.0386 e. The van der Waals surface area contributed by atoms with Gasteiger partial charge in [0.25, 0.3) is 0 Å². The number of hydrogen-bond donors (Lipinski definition) is 0. The van der Waals surface area contributed by atoms with Crippen LogP contribution in [0.2, 0.25) is 0 Å². The molecule has 0 spiro atoms. The average molecular weight is 182 g/mol. The molecule has 0 aliphatic heterocycles. The van der Waals surface area contributed by atoms with Gasteiger partial charge in [-0.1, -0.05) is 47.0 Å². The van der Waals surface area contributed by atoms with Gasteiger partial charge in [-0.25, -0.2) is 0 Å². The molecule has 3 atom stereocenters. The van der Waals surface area contributed by atoms with Crippen molar-refractivity contribution in [1.29, 1.82) is 0 Å². The zero-order chi connectivity index (χ0) is 9.84. The highest BCUT2D eigenvalue weighted by Gasteiger charge is 2.32. The Morgan fingerprint density at radius 3 is 2.15 bits per heavy atom. The van der Waals surface area contributed by atoms with E-state index in [9.17, 15) is 0 Å². The van der Waals surface area contributed by atoms with Crippen molar-refractivity contribution in [1.82, 2.24) is 0 Å². The molecule has 1 aliphatic carbocycles. The maximum Gasteiger partial charge on any atom is -0.0386 e. The molecule has 0 aromatic rings. The van der Waals surface area contributed by atoms with Crippen LogP contribution in [-0.2, 0) is 0 Å². The van der Waals surface area contributed by atoms with Crippen LogP contribution in [0.4, 0.5) is 0 Å². The third-order valence-corrected chi connectivity index (χ3v) is 4.12. The van der Waals surface area contributed by atoms with Crippen LogP contribution < -0.4 is 0 Å². The summed E-state index contributed by atoms with van der Waals surface area (Å²) in [6.45, 7) is 9.52. The quantitative estimate of drug-likeness (QED) is 0.567. The summed E-state index contributed by atoms with van der Waals surface area (Å²) in [5, 5.41) is 0. The average Bonchev–Trinajstić information content (AvgIpc) is 2.81. The summed E-state index contributed by atoms with van der Waals surface area (Å²) in [6, 6.07) is 0. The van der Waals surface area contributed by atoms with Crippen LogP contribution in [0.3, 0.4) is 0 Å². The van der Waals surface area contributed by atoms with Crippen molar-refractivity contribution < 1.29 is 0 Å². The van der Waals surface area contributed by atoms with E-state index in [-0.39, 0.29) is 0 Å². The Hall–Kier alpha value is 0. The van der Waals surface area contributed by atoms with Gasteiger partial charge in [0.1, 0.15) is 0 Å². The van der Waals surface area contributed by atoms with Crippen LogP contribution in [-0.4, -0.2) is 0 Å². The van der Waals surface area contributed by atoms with E-state index in [1.165, 1.54) is 32.1 Å². The monoisotopic (exact) mass is 182 g/mol. The highest BCUT2D eigenvalue weighted by Crippen LogP contribution is 2.42. The second-order valence-corrected chi connectivity index (χ2v) is 5.10. The first kappa shape index (κ1) is 11.1. The maximum absolute atomic E-state index is 2.45. The minimum Gasteiger partial charge on any atom is -0.0651 e. The molecular weight excluding hydrogens is 156 g/mol. The van der Waals surface area contributed by atoms with E-state index in [0.29, 0.717) is 0 Å². The zero-order valence-corrected chi connectivity index (χ0v) is 9.84. The summed E-state index contributed by atoms with van der Waals surface area (Å²) in [5.41, 5.74) is 0. The van der Waals surface area contributed by atoms with E-state index in [2.05, 4.69) is 27.7 Å². The Bertz CT molecular complexity index is 135. The highest BCUT2D eigenvalue weighted by molar-refractivity contribution is 4.82. The van der Waals surface area contributed by atoms with Crippen LogP contribution in [0.1, 0.15) is 59.8 Å². The fourth-order valence-electron chi connectivity index (χ4n) is 2.61. The molecule has 1 fully saturated rings. The van der Waals surface area contributed by atoms with E-state index in [1.807, 2.05) is 0 Å². The maximum atomic E-state index is 2.45. The fourth-order valence-corrected chi connectivity index (χ4v) is 2.61. The molecule has 1 aliphatic rings. The Morgan fingerprint density at radius 1 is 1.23 bits per heavy atom. The normalized spacial score (nSPS) is 29.3. The summed E-state index contributed by atoms with van der Waals surface area (Å²) in [7, 11) is 0. The minimum absolute atomic E-state index is 0.961. The van der Waals surface area contributed by atoms with Gasteiger partial charge in [0.15, 0.2) is 0 Å². The Kier molecular flexibility index (Phi) is 4.28. The van der Waals surface area contributed by atoms with Crippen LogP contribution >= 0.6 is 0 Å². The Balaban J connectivity index is 2.12. The van der Waals surface area contributed by atoms with Gasteiger partial charge in [-0.3, -0.25) is 0 Å². The summed E-state index contributed by atoms with van der Waals surface area (Å²) in [6.07, 6.45) is 7.23. The van der Waals surface area contributed by atoms with Crippen LogP contribution in [0.15, 0.2) is 0 Å². The highest BCUT2D eigenvalue weighted by atomic mass is 14.4. The van der Waals surface area contributed by atoms with Gasteiger partial charge in [-0.2, -0.15) is 0 Å². The molecule has 0 nitrogen and oxygen atoms in total. The lowest BCUT2D eigenvalue weighted by atomic mass is 9.85. The Labute approximate surface area is 84.1 Å². The molecule has 0 saturated heterocycles. The molecule has 0 bridgehead atoms. The largest absolute Gasteiger partial charge is 0.0651 e.